The molecule has 4 heterocycles. The van der Waals surface area contributed by atoms with Crippen molar-refractivity contribution in [3.05, 3.63) is 123 Å². The molecular formula is C49H56ClN9O7S2. The molecule has 5 aromatic rings. The van der Waals surface area contributed by atoms with Gasteiger partial charge in [0.05, 0.1) is 31.3 Å². The Hall–Kier alpha value is -5.84. The van der Waals surface area contributed by atoms with E-state index in [2.05, 4.69) is 59.7 Å². The first kappa shape index (κ1) is 48.6. The first-order valence-electron chi connectivity index (χ1n) is 22.8. The van der Waals surface area contributed by atoms with Gasteiger partial charge >= 0.3 is 0 Å². The van der Waals surface area contributed by atoms with E-state index in [9.17, 15) is 27.5 Å². The molecule has 0 radical (unpaired) electrons. The predicted octanol–water partition coefficient (Wildman–Crippen LogP) is 8.65. The van der Waals surface area contributed by atoms with Gasteiger partial charge in [-0.05, 0) is 104 Å². The number of nitrogens with one attached hydrogen (secondary N) is 2. The molecule has 8 rings (SSSR count). The van der Waals surface area contributed by atoms with Crippen LogP contribution in [0.1, 0.15) is 67.9 Å². The standard InChI is InChI=1S/C49H56ClN9O7S2/c1-34(14-17-56-22-24-67(63,25-23-56)54-33-51)26-36-6-10-42(29-45(36)59(61)62)68(64,65)55-48(60)43-11-9-40(28-46(43)66-41-27-37-13-16-52-47(37)53-31-41)58-20-18-57(19-21-58)32-38-12-15-49(2,3)30-44(38)35-4-7-39(50)8-5-35/h4-11,13,16,27-29,31,34H,12,14-15,17-26,30,32H2,1-3H3,(H,52,53)(H,55,60)/t34-/m0/s1. The second-order valence-corrected chi connectivity index (χ2v) is 23.5. The van der Waals surface area contributed by atoms with Gasteiger partial charge in [0.1, 0.15) is 17.1 Å². The number of rotatable bonds is 15. The first-order valence-corrected chi connectivity index (χ1v) is 26.5. The number of nitriles is 1. The van der Waals surface area contributed by atoms with Crippen LogP contribution in [0.4, 0.5) is 11.4 Å². The molecule has 1 amide bonds. The van der Waals surface area contributed by atoms with Gasteiger partial charge in [-0.3, -0.25) is 19.8 Å². The maximum absolute atomic E-state index is 14.0. The summed E-state index contributed by atoms with van der Waals surface area (Å²) in [7, 11) is -7.10. The van der Waals surface area contributed by atoms with E-state index in [4.69, 9.17) is 21.6 Å². The number of amides is 1. The predicted molar refractivity (Wildman–Crippen MR) is 265 cm³/mol. The number of nitrogens with zero attached hydrogens (tertiary/aromatic N) is 7. The molecule has 68 heavy (non-hydrogen) atoms. The van der Waals surface area contributed by atoms with Crippen LogP contribution in [0, 0.1) is 32.9 Å². The zero-order valence-corrected chi connectivity index (χ0v) is 40.8. The molecule has 0 bridgehead atoms. The number of sulfonamides is 1. The number of ether oxygens (including phenoxy) is 1. The van der Waals surface area contributed by atoms with Crippen molar-refractivity contribution >= 4 is 65.2 Å². The Morgan fingerprint density at radius 3 is 2.51 bits per heavy atom. The molecule has 3 aromatic carbocycles. The van der Waals surface area contributed by atoms with Crippen molar-refractivity contribution in [2.75, 3.05) is 68.8 Å². The van der Waals surface area contributed by atoms with Crippen LogP contribution >= 0.6 is 11.6 Å². The van der Waals surface area contributed by atoms with Crippen LogP contribution in [-0.2, 0) is 26.2 Å². The Bertz CT molecular complexity index is 3010. The highest BCUT2D eigenvalue weighted by Crippen LogP contribution is 2.43. The van der Waals surface area contributed by atoms with Gasteiger partial charge in [0, 0.05) is 97.3 Å². The lowest BCUT2D eigenvalue weighted by atomic mass is 9.72. The zero-order valence-electron chi connectivity index (χ0n) is 38.4. The second-order valence-electron chi connectivity index (χ2n) is 18.9. The number of fused-ring (bicyclic) bond motifs is 1. The molecule has 2 fully saturated rings. The number of H-pyrrole nitrogens is 1. The summed E-state index contributed by atoms with van der Waals surface area (Å²) in [5.41, 5.74) is 5.68. The van der Waals surface area contributed by atoms with Crippen molar-refractivity contribution < 1.29 is 27.1 Å². The number of pyridine rings is 1. The number of carbonyl (C=O) groups is 1. The minimum absolute atomic E-state index is 0.00892. The smallest absolute Gasteiger partial charge is 0.273 e. The zero-order chi connectivity index (χ0) is 48.2. The van der Waals surface area contributed by atoms with E-state index in [0.717, 1.165) is 61.1 Å². The monoisotopic (exact) mass is 981 g/mol. The van der Waals surface area contributed by atoms with E-state index in [1.165, 1.54) is 41.1 Å². The highest BCUT2D eigenvalue weighted by Gasteiger charge is 2.31. The first-order chi connectivity index (χ1) is 32.5. The highest BCUT2D eigenvalue weighted by molar-refractivity contribution is 7.93. The van der Waals surface area contributed by atoms with Gasteiger partial charge in [-0.15, -0.1) is 4.36 Å². The number of hydrogen-bond acceptors (Lipinski definition) is 13. The number of carbonyl (C=O) groups excluding carboxylic acids is 1. The summed E-state index contributed by atoms with van der Waals surface area (Å²) < 4.78 is 52.3. The third-order valence-corrected chi connectivity index (χ3v) is 16.9. The molecule has 3 aliphatic rings. The van der Waals surface area contributed by atoms with Gasteiger partial charge in [0.2, 0.25) is 6.19 Å². The highest BCUT2D eigenvalue weighted by atomic mass is 35.5. The average Bonchev–Trinajstić information content (AvgIpc) is 3.78. The Morgan fingerprint density at radius 1 is 1.04 bits per heavy atom. The molecule has 1 aliphatic carbocycles. The van der Waals surface area contributed by atoms with Crippen LogP contribution < -0.4 is 14.4 Å². The fraction of sp³-hybridized carbons (Fsp3) is 0.408. The molecule has 1 atom stereocenters. The summed E-state index contributed by atoms with van der Waals surface area (Å²) >= 11 is 6.25. The van der Waals surface area contributed by atoms with E-state index in [1.54, 1.807) is 30.6 Å². The molecule has 2 aliphatic heterocycles. The van der Waals surface area contributed by atoms with Crippen LogP contribution in [0.15, 0.2) is 100 Å². The molecule has 2 N–H and O–H groups in total. The summed E-state index contributed by atoms with van der Waals surface area (Å²) in [6.45, 7) is 12.3. The van der Waals surface area contributed by atoms with Gasteiger partial charge in [0.25, 0.3) is 21.6 Å². The van der Waals surface area contributed by atoms with Crippen LogP contribution in [0.3, 0.4) is 0 Å². The molecular weight excluding hydrogens is 926 g/mol. The lowest BCUT2D eigenvalue weighted by Crippen LogP contribution is -2.47. The number of allylic oxidation sites excluding steroid dienone is 1. The van der Waals surface area contributed by atoms with Crippen LogP contribution in [0.25, 0.3) is 16.6 Å². The molecule has 2 aromatic heterocycles. The Labute approximate surface area is 402 Å². The quantitative estimate of drug-likeness (QED) is 0.0574. The number of hydrogen-bond donors (Lipinski definition) is 2. The number of aromatic nitrogens is 2. The molecule has 2 saturated heterocycles. The van der Waals surface area contributed by atoms with E-state index < -0.39 is 35.5 Å². The number of aromatic amines is 1. The Balaban J connectivity index is 0.966. The van der Waals surface area contributed by atoms with Gasteiger partial charge in [-0.25, -0.2) is 22.3 Å². The van der Waals surface area contributed by atoms with Gasteiger partial charge in [-0.1, -0.05) is 56.1 Å². The number of benzene rings is 3. The van der Waals surface area contributed by atoms with Crippen molar-refractivity contribution in [2.24, 2.45) is 15.7 Å². The SMILES string of the molecule is C[C@@H](CCN1CCS(=O)(=NC#N)CC1)Cc1ccc(S(=O)(=O)NC(=O)c2ccc(N3CCN(CC4=C(c5ccc(Cl)cc5)CC(C)(C)CC4)CC3)cc2Oc2cnc3[nH]ccc3c2)cc1[N+](=O)[O-]. The van der Waals surface area contributed by atoms with Gasteiger partial charge in [0.15, 0.2) is 0 Å². The van der Waals surface area contributed by atoms with E-state index in [1.807, 2.05) is 25.1 Å². The van der Waals surface area contributed by atoms with E-state index >= 15 is 0 Å². The summed E-state index contributed by atoms with van der Waals surface area (Å²) in [4.78, 5) is 39.6. The maximum atomic E-state index is 14.0. The van der Waals surface area contributed by atoms with Crippen LogP contribution in [0.5, 0.6) is 11.5 Å². The maximum Gasteiger partial charge on any atom is 0.273 e. The molecule has 358 valence electrons. The number of nitro benzene ring substituents is 1. The van der Waals surface area contributed by atoms with Crippen LogP contribution in [-0.4, -0.2) is 107 Å². The topological polar surface area (TPSA) is 207 Å². The van der Waals surface area contributed by atoms with Gasteiger partial charge in [-0.2, -0.15) is 5.26 Å². The number of piperazine rings is 1. The second kappa shape index (κ2) is 20.4. The van der Waals surface area contributed by atoms with Crippen molar-refractivity contribution in [2.45, 2.75) is 57.8 Å². The summed E-state index contributed by atoms with van der Waals surface area (Å²) in [5, 5.41) is 22.7. The fourth-order valence-electron chi connectivity index (χ4n) is 9.30. The van der Waals surface area contributed by atoms with Crippen LogP contribution in [0.2, 0.25) is 5.02 Å². The third-order valence-electron chi connectivity index (χ3n) is 13.3. The third kappa shape index (κ3) is 11.7. The summed E-state index contributed by atoms with van der Waals surface area (Å²) in [6.07, 6.45) is 9.09. The largest absolute Gasteiger partial charge is 0.455 e. The summed E-state index contributed by atoms with van der Waals surface area (Å²) in [5.74, 6) is 0.108. The van der Waals surface area contributed by atoms with Crippen molar-refractivity contribution in [1.29, 1.82) is 5.26 Å². The Morgan fingerprint density at radius 2 is 1.79 bits per heavy atom. The number of anilines is 1. The number of nitro groups is 1. The molecule has 16 nitrogen and oxygen atoms in total. The average molecular weight is 983 g/mol. The summed E-state index contributed by atoms with van der Waals surface area (Å²) in [6, 6.07) is 20.5. The Kier molecular flexibility index (Phi) is 14.6. The number of halogens is 1. The molecule has 19 heteroatoms. The van der Waals surface area contributed by atoms with Crippen molar-refractivity contribution in [1.82, 2.24) is 24.5 Å². The minimum Gasteiger partial charge on any atom is -0.455 e. The molecule has 0 unspecified atom stereocenters. The molecule has 0 saturated carbocycles. The van der Waals surface area contributed by atoms with E-state index in [-0.39, 0.29) is 28.3 Å². The molecule has 0 spiro atoms. The normalized spacial score (nSPS) is 18.2. The van der Waals surface area contributed by atoms with Gasteiger partial charge < -0.3 is 19.5 Å². The minimum atomic E-state index is -4.60. The van der Waals surface area contributed by atoms with Crippen molar-refractivity contribution in [3.63, 3.8) is 0 Å². The fourth-order valence-corrected chi connectivity index (χ4v) is 12.0. The van der Waals surface area contributed by atoms with E-state index in [0.29, 0.717) is 74.0 Å². The van der Waals surface area contributed by atoms with Crippen molar-refractivity contribution in [3.8, 4) is 17.7 Å². The lowest BCUT2D eigenvalue weighted by Gasteiger charge is -2.39. The lowest BCUT2D eigenvalue weighted by molar-refractivity contribution is -0.385.